The number of hydrogen-bond donors (Lipinski definition) is 2. The Morgan fingerprint density at radius 1 is 1.11 bits per heavy atom. The number of hydrogen-bond acceptors (Lipinski definition) is 4. The first-order chi connectivity index (χ1) is 12.2. The zero-order chi connectivity index (χ0) is 18.9. The molecule has 2 N–H and O–H groups in total. The fourth-order valence-corrected chi connectivity index (χ4v) is 2.65. The van der Waals surface area contributed by atoms with Crippen LogP contribution in [0.5, 0.6) is 5.75 Å². The fraction of sp³-hybridized carbons (Fsp3) is 0.286. The molecular formula is C21H22NaO5+. The molecular weight excluding hydrogens is 355 g/mol. The van der Waals surface area contributed by atoms with E-state index in [1.54, 1.807) is 12.1 Å². The van der Waals surface area contributed by atoms with Crippen LogP contribution in [-0.4, -0.2) is 22.8 Å². The number of furan rings is 1. The maximum Gasteiger partial charge on any atom is 1.00 e. The Kier molecular flexibility index (Phi) is 6.76. The number of rotatable bonds is 5. The van der Waals surface area contributed by atoms with Crippen LogP contribution in [0.25, 0.3) is 11.0 Å². The summed E-state index contributed by atoms with van der Waals surface area (Å²) in [7, 11) is 0. The van der Waals surface area contributed by atoms with Gasteiger partial charge in [0.25, 0.3) is 0 Å². The predicted molar refractivity (Wildman–Crippen MR) is 98.8 cm³/mol. The van der Waals surface area contributed by atoms with E-state index in [0.29, 0.717) is 11.5 Å². The van der Waals surface area contributed by atoms with Gasteiger partial charge >= 0.3 is 35.5 Å². The van der Waals surface area contributed by atoms with Gasteiger partial charge in [0.05, 0.1) is 5.56 Å². The summed E-state index contributed by atoms with van der Waals surface area (Å²) in [5, 5.41) is 20.2. The van der Waals surface area contributed by atoms with E-state index in [-0.39, 0.29) is 47.1 Å². The summed E-state index contributed by atoms with van der Waals surface area (Å²) in [6, 6.07) is 13.9. The molecule has 0 fully saturated rings. The molecule has 1 aromatic heterocycles. The number of aliphatic hydroxyl groups excluding tert-OH is 1. The molecule has 0 aliphatic heterocycles. The third-order valence-electron chi connectivity index (χ3n) is 4.24. The summed E-state index contributed by atoms with van der Waals surface area (Å²) in [5.74, 6) is -0.0677. The van der Waals surface area contributed by atoms with Crippen molar-refractivity contribution >= 4 is 16.9 Å². The summed E-state index contributed by atoms with van der Waals surface area (Å²) in [4.78, 5) is 10.8. The first-order valence-corrected chi connectivity index (χ1v) is 8.42. The Labute approximate surface area is 180 Å². The van der Waals surface area contributed by atoms with E-state index in [2.05, 4.69) is 26.8 Å². The quantitative estimate of drug-likeness (QED) is 0.660. The Hall–Kier alpha value is -1.79. The van der Waals surface area contributed by atoms with Crippen LogP contribution in [0.2, 0.25) is 0 Å². The SMILES string of the molecule is CC(C)(C)c1ccc2oc(C(O)COc3ccc(C(=O)O)cc3)cc2c1.[Na+]. The molecule has 1 unspecified atom stereocenters. The van der Waals surface area contributed by atoms with Crippen molar-refractivity contribution in [1.82, 2.24) is 0 Å². The van der Waals surface area contributed by atoms with Gasteiger partial charge in [-0.15, -0.1) is 0 Å². The molecule has 0 bridgehead atoms. The molecule has 0 radical (unpaired) electrons. The number of benzene rings is 2. The average molecular weight is 377 g/mol. The van der Waals surface area contributed by atoms with Gasteiger partial charge in [0, 0.05) is 5.39 Å². The topological polar surface area (TPSA) is 79.9 Å². The van der Waals surface area contributed by atoms with Crippen LogP contribution in [0.15, 0.2) is 52.9 Å². The van der Waals surface area contributed by atoms with E-state index in [1.807, 2.05) is 18.2 Å². The first-order valence-electron chi connectivity index (χ1n) is 8.42. The standard InChI is InChI=1S/C21H22O5.Na/c1-21(2,3)15-6-9-18-14(10-15)11-19(26-18)17(22)12-25-16-7-4-13(5-8-16)20(23)24;/h4-11,17,22H,12H2,1-3H3,(H,23,24);/q;+1. The smallest absolute Gasteiger partial charge is 0.490 e. The molecule has 0 amide bonds. The van der Waals surface area contributed by atoms with E-state index in [1.165, 1.54) is 17.7 Å². The fourth-order valence-electron chi connectivity index (χ4n) is 2.65. The number of carboxylic acid groups (broad SMARTS) is 1. The van der Waals surface area contributed by atoms with Crippen molar-refractivity contribution in [2.45, 2.75) is 32.3 Å². The van der Waals surface area contributed by atoms with Gasteiger partial charge in [0.15, 0.2) is 0 Å². The minimum absolute atomic E-state index is 0. The zero-order valence-corrected chi connectivity index (χ0v) is 18.0. The van der Waals surface area contributed by atoms with Gasteiger partial charge in [-0.3, -0.25) is 0 Å². The van der Waals surface area contributed by atoms with E-state index < -0.39 is 12.1 Å². The molecule has 3 aromatic rings. The van der Waals surface area contributed by atoms with Crippen LogP contribution in [0.4, 0.5) is 0 Å². The molecule has 0 aliphatic rings. The van der Waals surface area contributed by atoms with Crippen molar-refractivity contribution < 1.29 is 53.7 Å². The molecule has 0 spiro atoms. The number of aliphatic hydroxyl groups is 1. The van der Waals surface area contributed by atoms with Crippen molar-refractivity contribution in [3.8, 4) is 5.75 Å². The maximum atomic E-state index is 10.8. The minimum Gasteiger partial charge on any atom is -0.490 e. The Morgan fingerprint density at radius 2 is 1.78 bits per heavy atom. The summed E-state index contributed by atoms with van der Waals surface area (Å²) < 4.78 is 11.3. The second kappa shape index (κ2) is 8.48. The number of fused-ring (bicyclic) bond motifs is 1. The third kappa shape index (κ3) is 5.14. The van der Waals surface area contributed by atoms with Gasteiger partial charge in [-0.1, -0.05) is 26.8 Å². The van der Waals surface area contributed by atoms with Gasteiger partial charge in [-0.2, -0.15) is 0 Å². The van der Waals surface area contributed by atoms with E-state index >= 15 is 0 Å². The molecule has 27 heavy (non-hydrogen) atoms. The molecule has 6 heteroatoms. The van der Waals surface area contributed by atoms with Gasteiger partial charge in [-0.25, -0.2) is 4.79 Å². The van der Waals surface area contributed by atoms with Crippen LogP contribution in [-0.2, 0) is 5.41 Å². The molecule has 3 rings (SSSR count). The number of carboxylic acids is 1. The summed E-state index contributed by atoms with van der Waals surface area (Å²) in [5.41, 5.74) is 2.14. The average Bonchev–Trinajstić information content (AvgIpc) is 3.02. The summed E-state index contributed by atoms with van der Waals surface area (Å²) >= 11 is 0. The van der Waals surface area contributed by atoms with Crippen molar-refractivity contribution in [2.75, 3.05) is 6.61 Å². The number of ether oxygens (including phenoxy) is 1. The normalized spacial score (nSPS) is 12.4. The molecule has 1 heterocycles. The van der Waals surface area contributed by atoms with Crippen molar-refractivity contribution in [3.05, 3.63) is 65.4 Å². The number of carbonyl (C=O) groups is 1. The van der Waals surface area contributed by atoms with Crippen LogP contribution in [0, 0.1) is 0 Å². The molecule has 2 aromatic carbocycles. The second-order valence-electron chi connectivity index (χ2n) is 7.31. The van der Waals surface area contributed by atoms with Crippen molar-refractivity contribution in [2.24, 2.45) is 0 Å². The van der Waals surface area contributed by atoms with Crippen molar-refractivity contribution in [3.63, 3.8) is 0 Å². The molecule has 1 atom stereocenters. The molecule has 0 saturated heterocycles. The van der Waals surface area contributed by atoms with Gasteiger partial charge < -0.3 is 19.4 Å². The maximum absolute atomic E-state index is 10.8. The molecule has 0 aliphatic carbocycles. The van der Waals surface area contributed by atoms with Crippen LogP contribution < -0.4 is 34.3 Å². The Bertz CT molecular complexity index is 922. The first kappa shape index (κ1) is 21.5. The van der Waals surface area contributed by atoms with Crippen LogP contribution in [0.3, 0.4) is 0 Å². The van der Waals surface area contributed by atoms with Crippen LogP contribution in [0.1, 0.15) is 48.6 Å². The van der Waals surface area contributed by atoms with Gasteiger partial charge in [0.1, 0.15) is 29.8 Å². The van der Waals surface area contributed by atoms with Gasteiger partial charge in [-0.05, 0) is 53.4 Å². The van der Waals surface area contributed by atoms with E-state index in [4.69, 9.17) is 14.3 Å². The zero-order valence-electron chi connectivity index (χ0n) is 16.0. The van der Waals surface area contributed by atoms with Crippen molar-refractivity contribution in [1.29, 1.82) is 0 Å². The Morgan fingerprint density at radius 3 is 2.37 bits per heavy atom. The van der Waals surface area contributed by atoms with Gasteiger partial charge in [0.2, 0.25) is 0 Å². The summed E-state index contributed by atoms with van der Waals surface area (Å²) in [6.45, 7) is 6.45. The molecule has 136 valence electrons. The number of aromatic carboxylic acids is 1. The monoisotopic (exact) mass is 377 g/mol. The largest absolute Gasteiger partial charge is 1.00 e. The Balaban J connectivity index is 0.00000261. The van der Waals surface area contributed by atoms with Crippen LogP contribution >= 0.6 is 0 Å². The third-order valence-corrected chi connectivity index (χ3v) is 4.24. The minimum atomic E-state index is -0.992. The van der Waals surface area contributed by atoms with E-state index in [0.717, 1.165) is 11.0 Å². The van der Waals surface area contributed by atoms with E-state index in [9.17, 15) is 9.90 Å². The second-order valence-corrected chi connectivity index (χ2v) is 7.31. The summed E-state index contributed by atoms with van der Waals surface area (Å²) in [6.07, 6.45) is -0.917. The molecule has 5 nitrogen and oxygen atoms in total. The molecule has 0 saturated carbocycles. The predicted octanol–water partition coefficient (Wildman–Crippen LogP) is 1.54.